The van der Waals surface area contributed by atoms with Gasteiger partial charge in [-0.25, -0.2) is 9.97 Å². The standard InChI is InChI=1S/C14H22ClN3/c1-10(15)8-11(2)18-14-12-6-4-3-5-7-13(12)16-9-17-14/h9-11H,3-8H2,1-2H3,(H,16,17,18). The van der Waals surface area contributed by atoms with Crippen LogP contribution in [0.3, 0.4) is 0 Å². The third-order valence-electron chi connectivity index (χ3n) is 3.44. The van der Waals surface area contributed by atoms with Crippen molar-refractivity contribution in [3.63, 3.8) is 0 Å². The Hall–Kier alpha value is -0.830. The Kier molecular flexibility index (Phi) is 4.81. The summed E-state index contributed by atoms with van der Waals surface area (Å²) in [6.07, 6.45) is 8.61. The Morgan fingerprint density at radius 3 is 2.78 bits per heavy atom. The van der Waals surface area contributed by atoms with Crippen molar-refractivity contribution in [2.75, 3.05) is 5.32 Å². The van der Waals surface area contributed by atoms with E-state index in [1.807, 2.05) is 6.92 Å². The van der Waals surface area contributed by atoms with Crippen LogP contribution in [0.25, 0.3) is 0 Å². The fraction of sp³-hybridized carbons (Fsp3) is 0.714. The van der Waals surface area contributed by atoms with Crippen LogP contribution in [0, 0.1) is 0 Å². The molecule has 3 nitrogen and oxygen atoms in total. The monoisotopic (exact) mass is 267 g/mol. The van der Waals surface area contributed by atoms with Gasteiger partial charge in [-0.05, 0) is 46.0 Å². The molecule has 1 N–H and O–H groups in total. The summed E-state index contributed by atoms with van der Waals surface area (Å²) in [6, 6.07) is 0.347. The average Bonchev–Trinajstić information content (AvgIpc) is 2.53. The summed E-state index contributed by atoms with van der Waals surface area (Å²) in [6.45, 7) is 4.18. The molecule has 2 rings (SSSR count). The van der Waals surface area contributed by atoms with E-state index in [1.165, 1.54) is 30.5 Å². The van der Waals surface area contributed by atoms with E-state index >= 15 is 0 Å². The smallest absolute Gasteiger partial charge is 0.133 e. The number of aryl methyl sites for hydroxylation is 1. The lowest BCUT2D eigenvalue weighted by Crippen LogP contribution is -2.21. The topological polar surface area (TPSA) is 37.8 Å². The van der Waals surface area contributed by atoms with E-state index in [0.29, 0.717) is 6.04 Å². The lowest BCUT2D eigenvalue weighted by Gasteiger charge is -2.18. The first kappa shape index (κ1) is 13.6. The minimum atomic E-state index is 0.188. The van der Waals surface area contributed by atoms with Crippen LogP contribution in [0.5, 0.6) is 0 Å². The molecule has 0 radical (unpaired) electrons. The molecule has 1 aromatic heterocycles. The van der Waals surface area contributed by atoms with Gasteiger partial charge in [-0.15, -0.1) is 11.6 Å². The van der Waals surface area contributed by atoms with Crippen molar-refractivity contribution >= 4 is 17.4 Å². The van der Waals surface area contributed by atoms with E-state index in [2.05, 4.69) is 22.2 Å². The molecule has 0 aliphatic heterocycles. The highest BCUT2D eigenvalue weighted by atomic mass is 35.5. The van der Waals surface area contributed by atoms with Crippen molar-refractivity contribution < 1.29 is 0 Å². The van der Waals surface area contributed by atoms with E-state index in [4.69, 9.17) is 11.6 Å². The number of alkyl halides is 1. The highest BCUT2D eigenvalue weighted by molar-refractivity contribution is 6.20. The van der Waals surface area contributed by atoms with Gasteiger partial charge >= 0.3 is 0 Å². The fourth-order valence-corrected chi connectivity index (χ4v) is 2.87. The molecule has 0 spiro atoms. The zero-order valence-corrected chi connectivity index (χ0v) is 12.0. The number of nitrogens with zero attached hydrogens (tertiary/aromatic N) is 2. The molecular weight excluding hydrogens is 246 g/mol. The van der Waals surface area contributed by atoms with Crippen molar-refractivity contribution in [3.8, 4) is 0 Å². The Morgan fingerprint density at radius 2 is 2.00 bits per heavy atom. The quantitative estimate of drug-likeness (QED) is 0.670. The van der Waals surface area contributed by atoms with Gasteiger partial charge < -0.3 is 5.32 Å². The molecule has 1 aromatic rings. The van der Waals surface area contributed by atoms with Crippen molar-refractivity contribution in [3.05, 3.63) is 17.6 Å². The van der Waals surface area contributed by atoms with Gasteiger partial charge in [0.15, 0.2) is 0 Å². The van der Waals surface area contributed by atoms with Crippen LogP contribution in [-0.2, 0) is 12.8 Å². The van der Waals surface area contributed by atoms with Gasteiger partial charge in [0.05, 0.1) is 0 Å². The molecule has 1 aliphatic carbocycles. The molecule has 0 bridgehead atoms. The van der Waals surface area contributed by atoms with Crippen molar-refractivity contribution in [2.45, 2.75) is 63.8 Å². The molecule has 18 heavy (non-hydrogen) atoms. The fourth-order valence-electron chi connectivity index (χ4n) is 2.60. The number of nitrogens with one attached hydrogen (secondary N) is 1. The Balaban J connectivity index is 2.13. The first-order valence-corrected chi connectivity index (χ1v) is 7.34. The van der Waals surface area contributed by atoms with Crippen molar-refractivity contribution in [1.82, 2.24) is 9.97 Å². The SMILES string of the molecule is CC(Cl)CC(C)Nc1ncnc2c1CCCCC2. The number of fused-ring (bicyclic) bond motifs is 1. The number of hydrogen-bond donors (Lipinski definition) is 1. The van der Waals surface area contributed by atoms with E-state index < -0.39 is 0 Å². The largest absolute Gasteiger partial charge is 0.367 e. The predicted octanol–water partition coefficient (Wildman–Crippen LogP) is 3.56. The molecule has 0 saturated carbocycles. The van der Waals surface area contributed by atoms with Crippen LogP contribution in [-0.4, -0.2) is 21.4 Å². The molecular formula is C14H22ClN3. The number of anilines is 1. The van der Waals surface area contributed by atoms with Gasteiger partial charge in [0.25, 0.3) is 0 Å². The molecule has 0 fully saturated rings. The van der Waals surface area contributed by atoms with E-state index in [-0.39, 0.29) is 5.38 Å². The number of rotatable bonds is 4. The van der Waals surface area contributed by atoms with Gasteiger partial charge in [0.2, 0.25) is 0 Å². The lowest BCUT2D eigenvalue weighted by molar-refractivity contribution is 0.689. The molecule has 1 heterocycles. The van der Waals surface area contributed by atoms with Gasteiger partial charge in [0.1, 0.15) is 12.1 Å². The summed E-state index contributed by atoms with van der Waals surface area (Å²) in [5.41, 5.74) is 2.56. The molecule has 0 aromatic carbocycles. The first-order chi connectivity index (χ1) is 8.66. The average molecular weight is 268 g/mol. The van der Waals surface area contributed by atoms with Crippen molar-refractivity contribution in [1.29, 1.82) is 0 Å². The number of aromatic nitrogens is 2. The second kappa shape index (κ2) is 6.37. The summed E-state index contributed by atoms with van der Waals surface area (Å²) in [7, 11) is 0. The zero-order valence-electron chi connectivity index (χ0n) is 11.2. The molecule has 4 heteroatoms. The van der Waals surface area contributed by atoms with Gasteiger partial charge in [0, 0.05) is 22.7 Å². The summed E-state index contributed by atoms with van der Waals surface area (Å²) in [5, 5.41) is 3.68. The van der Waals surface area contributed by atoms with Crippen molar-refractivity contribution in [2.24, 2.45) is 0 Å². The third kappa shape index (κ3) is 3.58. The predicted molar refractivity (Wildman–Crippen MR) is 76.3 cm³/mol. The van der Waals surface area contributed by atoms with Crippen LogP contribution >= 0.6 is 11.6 Å². The summed E-state index contributed by atoms with van der Waals surface area (Å²) in [4.78, 5) is 8.85. The highest BCUT2D eigenvalue weighted by Gasteiger charge is 2.16. The Labute approximate surface area is 114 Å². The Morgan fingerprint density at radius 1 is 1.22 bits per heavy atom. The highest BCUT2D eigenvalue weighted by Crippen LogP contribution is 2.24. The minimum absolute atomic E-state index is 0.188. The summed E-state index contributed by atoms with van der Waals surface area (Å²) < 4.78 is 0. The van der Waals surface area contributed by atoms with Gasteiger partial charge in [-0.3, -0.25) is 0 Å². The van der Waals surface area contributed by atoms with Crippen LogP contribution in [0.4, 0.5) is 5.82 Å². The Bertz CT molecular complexity index is 393. The molecule has 2 unspecified atom stereocenters. The molecule has 0 amide bonds. The first-order valence-electron chi connectivity index (χ1n) is 6.90. The maximum atomic E-state index is 6.04. The van der Waals surface area contributed by atoms with Crippen LogP contribution in [0.1, 0.15) is 50.8 Å². The molecule has 0 saturated heterocycles. The van der Waals surface area contributed by atoms with Gasteiger partial charge in [-0.2, -0.15) is 0 Å². The normalized spacial score (nSPS) is 18.6. The van der Waals surface area contributed by atoms with E-state index in [9.17, 15) is 0 Å². The van der Waals surface area contributed by atoms with E-state index in [1.54, 1.807) is 6.33 Å². The van der Waals surface area contributed by atoms with Gasteiger partial charge in [-0.1, -0.05) is 6.42 Å². The second-order valence-corrected chi connectivity index (χ2v) is 6.02. The van der Waals surface area contributed by atoms with Crippen LogP contribution in [0.15, 0.2) is 6.33 Å². The number of halogens is 1. The summed E-state index contributed by atoms with van der Waals surface area (Å²) >= 11 is 6.04. The maximum Gasteiger partial charge on any atom is 0.133 e. The molecule has 1 aliphatic rings. The second-order valence-electron chi connectivity index (χ2n) is 5.27. The van der Waals surface area contributed by atoms with Crippen LogP contribution in [0.2, 0.25) is 0 Å². The minimum Gasteiger partial charge on any atom is -0.367 e. The number of hydrogen-bond acceptors (Lipinski definition) is 3. The zero-order chi connectivity index (χ0) is 13.0. The van der Waals surface area contributed by atoms with Crippen LogP contribution < -0.4 is 5.32 Å². The lowest BCUT2D eigenvalue weighted by atomic mass is 10.1. The summed E-state index contributed by atoms with van der Waals surface area (Å²) in [5.74, 6) is 1.02. The third-order valence-corrected chi connectivity index (χ3v) is 3.61. The molecule has 100 valence electrons. The molecule has 2 atom stereocenters. The van der Waals surface area contributed by atoms with E-state index in [0.717, 1.165) is 25.1 Å². The maximum absolute atomic E-state index is 6.04.